The van der Waals surface area contributed by atoms with Gasteiger partial charge in [0.1, 0.15) is 5.54 Å². The molecule has 0 bridgehead atoms. The Morgan fingerprint density at radius 1 is 1.15 bits per heavy atom. The molecule has 3 fully saturated rings. The molecule has 9 heteroatoms. The van der Waals surface area contributed by atoms with Gasteiger partial charge in [-0.2, -0.15) is 0 Å². The van der Waals surface area contributed by atoms with Crippen LogP contribution < -0.4 is 10.2 Å². The van der Waals surface area contributed by atoms with Crippen LogP contribution in [0.2, 0.25) is 0 Å². The van der Waals surface area contributed by atoms with Gasteiger partial charge in [0, 0.05) is 29.4 Å². The highest BCUT2D eigenvalue weighted by atomic mass is 16.6. The van der Waals surface area contributed by atoms with E-state index in [1.807, 2.05) is 25.1 Å². The van der Waals surface area contributed by atoms with E-state index >= 15 is 0 Å². The number of nitro groups is 1. The van der Waals surface area contributed by atoms with Crippen LogP contribution in [0.1, 0.15) is 36.5 Å². The van der Waals surface area contributed by atoms with E-state index in [0.29, 0.717) is 23.5 Å². The van der Waals surface area contributed by atoms with Crippen molar-refractivity contribution in [2.75, 3.05) is 16.8 Å². The number of nitro benzene ring substituents is 1. The van der Waals surface area contributed by atoms with Crippen molar-refractivity contribution in [2.24, 2.45) is 11.8 Å². The van der Waals surface area contributed by atoms with Gasteiger partial charge in [-0.3, -0.25) is 29.4 Å². The van der Waals surface area contributed by atoms with E-state index in [4.69, 9.17) is 0 Å². The third-order valence-electron chi connectivity index (χ3n) is 8.10. The summed E-state index contributed by atoms with van der Waals surface area (Å²) in [7, 11) is 0. The van der Waals surface area contributed by atoms with Crippen molar-refractivity contribution in [2.45, 2.75) is 44.7 Å². The second-order valence-corrected chi connectivity index (χ2v) is 9.60. The first-order chi connectivity index (χ1) is 16.3. The first kappa shape index (κ1) is 21.0. The van der Waals surface area contributed by atoms with E-state index in [2.05, 4.69) is 10.2 Å². The number of fused-ring (bicyclic) bond motifs is 7. The van der Waals surface area contributed by atoms with Crippen LogP contribution in [0.4, 0.5) is 17.1 Å². The fraction of sp³-hybridized carbons (Fsp3) is 0.400. The highest BCUT2D eigenvalue weighted by Gasteiger charge is 2.74. The lowest BCUT2D eigenvalue weighted by molar-refractivity contribution is -0.384. The maximum Gasteiger partial charge on any atom is 0.269 e. The highest BCUT2D eigenvalue weighted by Crippen LogP contribution is 2.60. The molecule has 2 aromatic carbocycles. The van der Waals surface area contributed by atoms with E-state index in [-0.39, 0.29) is 23.5 Å². The van der Waals surface area contributed by atoms with E-state index in [1.165, 1.54) is 23.1 Å². The van der Waals surface area contributed by atoms with Crippen LogP contribution in [0.3, 0.4) is 0 Å². The van der Waals surface area contributed by atoms with Gasteiger partial charge in [-0.05, 0) is 56.0 Å². The van der Waals surface area contributed by atoms with Gasteiger partial charge in [-0.1, -0.05) is 19.1 Å². The van der Waals surface area contributed by atoms with Crippen molar-refractivity contribution in [1.29, 1.82) is 0 Å². The van der Waals surface area contributed by atoms with Crippen LogP contribution in [0.5, 0.6) is 0 Å². The van der Waals surface area contributed by atoms with Crippen LogP contribution in [0, 0.1) is 28.9 Å². The summed E-state index contributed by atoms with van der Waals surface area (Å²) in [4.78, 5) is 55.5. The van der Waals surface area contributed by atoms with Gasteiger partial charge in [0.15, 0.2) is 0 Å². The molecule has 0 unspecified atom stereocenters. The van der Waals surface area contributed by atoms with Crippen LogP contribution in [-0.4, -0.2) is 40.1 Å². The molecule has 1 N–H and O–H groups in total. The van der Waals surface area contributed by atoms with Crippen molar-refractivity contribution >= 4 is 34.8 Å². The predicted molar refractivity (Wildman–Crippen MR) is 123 cm³/mol. The fourth-order valence-electron chi connectivity index (χ4n) is 6.71. The molecule has 0 aliphatic carbocycles. The molecule has 0 aromatic heterocycles. The molecule has 2 aromatic rings. The smallest absolute Gasteiger partial charge is 0.269 e. The van der Waals surface area contributed by atoms with Crippen molar-refractivity contribution < 1.29 is 19.3 Å². The maximum atomic E-state index is 14.0. The van der Waals surface area contributed by atoms with E-state index in [0.717, 1.165) is 30.4 Å². The van der Waals surface area contributed by atoms with E-state index < -0.39 is 28.2 Å². The number of rotatable bonds is 3. The van der Waals surface area contributed by atoms with Gasteiger partial charge in [0.2, 0.25) is 17.7 Å². The molecule has 4 aliphatic heterocycles. The van der Waals surface area contributed by atoms with Crippen LogP contribution >= 0.6 is 0 Å². The minimum absolute atomic E-state index is 0.102. The number of nitrogens with zero attached hydrogens (tertiary/aromatic N) is 3. The van der Waals surface area contributed by atoms with Gasteiger partial charge < -0.3 is 5.32 Å². The molecule has 9 nitrogen and oxygen atoms in total. The Balaban J connectivity index is 1.53. The third-order valence-corrected chi connectivity index (χ3v) is 8.10. The van der Waals surface area contributed by atoms with E-state index in [1.54, 1.807) is 6.92 Å². The molecule has 4 heterocycles. The van der Waals surface area contributed by atoms with Crippen LogP contribution in [0.25, 0.3) is 0 Å². The SMILES string of the molecule is CCc1ccc2c(c1)[C@]1(C(=O)N2)[C@@H]2C(=O)N(c3ccc([N+](=O)[O-])cc3C)C(=O)[C@H]2[C@H]2CCCN21. The number of amides is 3. The summed E-state index contributed by atoms with van der Waals surface area (Å²) in [5.41, 5.74) is 2.03. The van der Waals surface area contributed by atoms with Crippen molar-refractivity contribution in [3.05, 3.63) is 63.2 Å². The summed E-state index contributed by atoms with van der Waals surface area (Å²) in [5.74, 6) is -2.46. The van der Waals surface area contributed by atoms with Gasteiger partial charge >= 0.3 is 0 Å². The number of anilines is 2. The number of hydrogen-bond donors (Lipinski definition) is 1. The molecule has 34 heavy (non-hydrogen) atoms. The molecule has 4 atom stereocenters. The second kappa shape index (κ2) is 6.96. The number of hydrogen-bond acceptors (Lipinski definition) is 6. The lowest BCUT2D eigenvalue weighted by Crippen LogP contribution is -2.54. The summed E-state index contributed by atoms with van der Waals surface area (Å²) < 4.78 is 0. The van der Waals surface area contributed by atoms with Gasteiger partial charge in [0.05, 0.1) is 22.4 Å². The summed E-state index contributed by atoms with van der Waals surface area (Å²) in [5, 5.41) is 14.2. The Kier molecular flexibility index (Phi) is 4.29. The van der Waals surface area contributed by atoms with Crippen molar-refractivity contribution in [1.82, 2.24) is 4.90 Å². The van der Waals surface area contributed by atoms with Gasteiger partial charge in [-0.25, -0.2) is 4.90 Å². The Labute approximate surface area is 195 Å². The molecular weight excluding hydrogens is 436 g/mol. The standard InChI is InChI=1S/C25H24N4O5/c1-3-14-6-8-17-16(12-14)25(24(32)26-17)21-20(19-5-4-10-27(19)25)22(30)28(23(21)31)18-9-7-15(29(33)34)11-13(18)2/h6-9,11-12,19-21H,3-5,10H2,1-2H3,(H,26,32)/t19-,20+,21+,25-/m1/s1. The predicted octanol–water partition coefficient (Wildman–Crippen LogP) is 2.90. The van der Waals surface area contributed by atoms with E-state index in [9.17, 15) is 24.5 Å². The summed E-state index contributed by atoms with van der Waals surface area (Å²) >= 11 is 0. The Bertz CT molecular complexity index is 1310. The number of imide groups is 1. The molecule has 1 spiro atoms. The Morgan fingerprint density at radius 3 is 2.65 bits per heavy atom. The normalized spacial score (nSPS) is 29.5. The lowest BCUT2D eigenvalue weighted by atomic mass is 9.75. The van der Waals surface area contributed by atoms with Gasteiger partial charge in [0.25, 0.3) is 5.69 Å². The monoisotopic (exact) mass is 460 g/mol. The molecule has 0 radical (unpaired) electrons. The zero-order valence-electron chi connectivity index (χ0n) is 18.9. The number of benzene rings is 2. The average Bonchev–Trinajstić information content (AvgIpc) is 3.52. The van der Waals surface area contributed by atoms with Gasteiger partial charge in [-0.15, -0.1) is 0 Å². The first-order valence-corrected chi connectivity index (χ1v) is 11.6. The average molecular weight is 460 g/mol. The van der Waals surface area contributed by atoms with Crippen LogP contribution in [-0.2, 0) is 26.3 Å². The zero-order chi connectivity index (χ0) is 23.9. The number of non-ortho nitro benzene ring substituents is 1. The number of nitrogens with one attached hydrogen (secondary N) is 1. The molecule has 3 saturated heterocycles. The minimum atomic E-state index is -1.22. The quantitative estimate of drug-likeness (QED) is 0.428. The largest absolute Gasteiger partial charge is 0.324 e. The van der Waals surface area contributed by atoms with Crippen molar-refractivity contribution in [3.63, 3.8) is 0 Å². The summed E-state index contributed by atoms with van der Waals surface area (Å²) in [6.45, 7) is 4.34. The topological polar surface area (TPSA) is 113 Å². The Hall–Kier alpha value is -3.59. The lowest BCUT2D eigenvalue weighted by Gasteiger charge is -2.37. The number of carbonyl (C=O) groups is 3. The zero-order valence-corrected chi connectivity index (χ0v) is 18.9. The van der Waals surface area contributed by atoms with Crippen LogP contribution in [0.15, 0.2) is 36.4 Å². The minimum Gasteiger partial charge on any atom is -0.324 e. The summed E-state index contributed by atoms with van der Waals surface area (Å²) in [6, 6.07) is 9.79. The number of aryl methyl sites for hydroxylation is 2. The summed E-state index contributed by atoms with van der Waals surface area (Å²) in [6.07, 6.45) is 2.38. The molecule has 174 valence electrons. The Morgan fingerprint density at radius 2 is 1.94 bits per heavy atom. The molecule has 4 aliphatic rings. The first-order valence-electron chi connectivity index (χ1n) is 11.6. The molecule has 6 rings (SSSR count). The molecular formula is C25H24N4O5. The van der Waals surface area contributed by atoms with Crippen molar-refractivity contribution in [3.8, 4) is 0 Å². The number of carbonyl (C=O) groups excluding carboxylic acids is 3. The third kappa shape index (κ3) is 2.39. The molecule has 0 saturated carbocycles. The second-order valence-electron chi connectivity index (χ2n) is 9.60. The fourth-order valence-corrected chi connectivity index (χ4v) is 6.71. The molecule has 3 amide bonds. The highest BCUT2D eigenvalue weighted by molar-refractivity contribution is 6.26. The maximum absolute atomic E-state index is 14.0.